The van der Waals surface area contributed by atoms with Gasteiger partial charge in [0.25, 0.3) is 0 Å². The van der Waals surface area contributed by atoms with E-state index in [0.717, 1.165) is 11.8 Å². The molecule has 1 heterocycles. The maximum atomic E-state index is 11.7. The minimum atomic E-state index is -0.826. The van der Waals surface area contributed by atoms with Crippen molar-refractivity contribution in [1.82, 2.24) is 4.68 Å². The Balaban J connectivity index is 3.15. The van der Waals surface area contributed by atoms with Gasteiger partial charge in [-0.2, -0.15) is 0 Å². The largest absolute Gasteiger partial charge is 0.464 e. The summed E-state index contributed by atoms with van der Waals surface area (Å²) >= 11 is 17.6. The Morgan fingerprint density at radius 3 is 2.15 bits per heavy atom. The van der Waals surface area contributed by atoms with Crippen LogP contribution in [-0.2, 0) is 9.47 Å². The zero-order valence-corrected chi connectivity index (χ0v) is 13.5. The molecule has 0 unspecified atom stereocenters. The van der Waals surface area contributed by atoms with Crippen LogP contribution < -0.4 is 5.43 Å². The van der Waals surface area contributed by atoms with Crippen molar-refractivity contribution in [3.05, 3.63) is 20.9 Å². The third kappa shape index (κ3) is 3.71. The highest BCUT2D eigenvalue weighted by Gasteiger charge is 2.27. The summed E-state index contributed by atoms with van der Waals surface area (Å²) in [7, 11) is 1.16. The Kier molecular flexibility index (Phi) is 5.18. The average Bonchev–Trinajstić information content (AvgIpc) is 2.51. The molecular weight excluding hydrogens is 330 g/mol. The Morgan fingerprint density at radius 2 is 1.70 bits per heavy atom. The Morgan fingerprint density at radius 1 is 1.15 bits per heavy atom. The normalized spacial score (nSPS) is 11.2. The minimum Gasteiger partial charge on any atom is -0.464 e. The van der Waals surface area contributed by atoms with Gasteiger partial charge in [-0.15, -0.1) is 0 Å². The first kappa shape index (κ1) is 16.9. The monoisotopic (exact) mass is 342 g/mol. The van der Waals surface area contributed by atoms with Crippen molar-refractivity contribution in [3.8, 4) is 0 Å². The maximum absolute atomic E-state index is 11.7. The number of rotatable bonds is 2. The van der Waals surface area contributed by atoms with Gasteiger partial charge in [0.1, 0.15) is 10.8 Å². The number of carbonyl (C=O) groups is 2. The molecule has 0 fully saturated rings. The molecular formula is C11H13Cl3N2O4. The SMILES string of the molecule is COC(=O)c1c(Cl)c(Cl)c(Cl)n1NC(=O)OC(C)(C)C. The molecule has 9 heteroatoms. The maximum Gasteiger partial charge on any atom is 0.427 e. The lowest BCUT2D eigenvalue weighted by Crippen LogP contribution is -2.33. The zero-order chi connectivity index (χ0) is 15.7. The van der Waals surface area contributed by atoms with Gasteiger partial charge in [-0.05, 0) is 20.8 Å². The highest BCUT2D eigenvalue weighted by Crippen LogP contribution is 2.35. The third-order valence-electron chi connectivity index (χ3n) is 1.98. The van der Waals surface area contributed by atoms with Crippen LogP contribution in [0.2, 0.25) is 15.2 Å². The molecule has 0 aliphatic heterocycles. The Bertz CT molecular complexity index is 549. The fraction of sp³-hybridized carbons (Fsp3) is 0.455. The van der Waals surface area contributed by atoms with Crippen molar-refractivity contribution in [2.45, 2.75) is 26.4 Å². The molecule has 112 valence electrons. The van der Waals surface area contributed by atoms with Crippen LogP contribution in [0.3, 0.4) is 0 Å². The molecule has 0 spiro atoms. The quantitative estimate of drug-likeness (QED) is 0.831. The average molecular weight is 344 g/mol. The molecule has 1 aromatic heterocycles. The van der Waals surface area contributed by atoms with Crippen LogP contribution in [0.25, 0.3) is 0 Å². The number of aromatic nitrogens is 1. The van der Waals surface area contributed by atoms with Gasteiger partial charge in [0, 0.05) is 0 Å². The minimum absolute atomic E-state index is 0.0789. The van der Waals surface area contributed by atoms with Gasteiger partial charge in [0.05, 0.1) is 17.2 Å². The van der Waals surface area contributed by atoms with E-state index < -0.39 is 17.7 Å². The molecule has 1 amide bonds. The van der Waals surface area contributed by atoms with E-state index in [-0.39, 0.29) is 20.9 Å². The Hall–Kier alpha value is -1.11. The summed E-state index contributed by atoms with van der Waals surface area (Å²) in [4.78, 5) is 23.4. The van der Waals surface area contributed by atoms with E-state index in [2.05, 4.69) is 10.2 Å². The number of nitrogens with zero attached hydrogens (tertiary/aromatic N) is 1. The molecule has 0 bridgehead atoms. The summed E-state index contributed by atoms with van der Waals surface area (Å²) < 4.78 is 10.5. The lowest BCUT2D eigenvalue weighted by atomic mass is 10.2. The number of hydrogen-bond acceptors (Lipinski definition) is 4. The van der Waals surface area contributed by atoms with Crippen molar-refractivity contribution in [2.75, 3.05) is 12.5 Å². The predicted molar refractivity (Wildman–Crippen MR) is 76.4 cm³/mol. The number of halogens is 3. The van der Waals surface area contributed by atoms with Gasteiger partial charge in [-0.25, -0.2) is 19.7 Å². The second kappa shape index (κ2) is 6.11. The second-order valence-corrected chi connectivity index (χ2v) is 5.82. The molecule has 0 radical (unpaired) electrons. The summed E-state index contributed by atoms with van der Waals surface area (Å²) in [5, 5.41) is -0.340. The number of carbonyl (C=O) groups excluding carboxylic acids is 2. The van der Waals surface area contributed by atoms with Gasteiger partial charge in [0.15, 0.2) is 5.69 Å². The molecule has 0 aliphatic rings. The summed E-state index contributed by atoms with van der Waals surface area (Å²) in [6, 6.07) is 0. The summed E-state index contributed by atoms with van der Waals surface area (Å²) in [5.74, 6) is -0.806. The molecule has 0 aliphatic carbocycles. The lowest BCUT2D eigenvalue weighted by Gasteiger charge is -2.20. The van der Waals surface area contributed by atoms with Crippen molar-refractivity contribution in [2.24, 2.45) is 0 Å². The highest BCUT2D eigenvalue weighted by molar-refractivity contribution is 6.49. The standard InChI is InChI=1S/C11H13Cl3N2O4/c1-11(2,3)20-10(18)15-16-7(9(17)19-4)5(12)6(13)8(16)14/h1-4H3,(H,15,18). The first-order valence-electron chi connectivity index (χ1n) is 5.42. The number of hydrogen-bond donors (Lipinski definition) is 1. The van der Waals surface area contributed by atoms with Crippen molar-refractivity contribution in [1.29, 1.82) is 0 Å². The van der Waals surface area contributed by atoms with Gasteiger partial charge in [-0.1, -0.05) is 34.8 Å². The first-order valence-corrected chi connectivity index (χ1v) is 6.55. The van der Waals surface area contributed by atoms with Crippen molar-refractivity contribution >= 4 is 46.9 Å². The molecule has 1 N–H and O–H groups in total. The molecule has 0 saturated heterocycles. The van der Waals surface area contributed by atoms with E-state index in [4.69, 9.17) is 39.5 Å². The third-order valence-corrected chi connectivity index (χ3v) is 3.27. The summed E-state index contributed by atoms with van der Waals surface area (Å²) in [6.45, 7) is 5.06. The highest BCUT2D eigenvalue weighted by atomic mass is 35.5. The second-order valence-electron chi connectivity index (χ2n) is 4.71. The lowest BCUT2D eigenvalue weighted by molar-refractivity contribution is 0.0581. The first-order chi connectivity index (χ1) is 9.08. The van der Waals surface area contributed by atoms with E-state index in [1.807, 2.05) is 0 Å². The number of ether oxygens (including phenoxy) is 2. The summed E-state index contributed by atoms with van der Waals surface area (Å²) in [5.41, 5.74) is 1.35. The summed E-state index contributed by atoms with van der Waals surface area (Å²) in [6.07, 6.45) is -0.826. The van der Waals surface area contributed by atoms with Gasteiger partial charge in [-0.3, -0.25) is 0 Å². The van der Waals surface area contributed by atoms with Gasteiger partial charge >= 0.3 is 12.1 Å². The molecule has 20 heavy (non-hydrogen) atoms. The molecule has 6 nitrogen and oxygen atoms in total. The predicted octanol–water partition coefficient (Wildman–Crippen LogP) is 3.71. The van der Waals surface area contributed by atoms with Gasteiger partial charge in [0.2, 0.25) is 0 Å². The topological polar surface area (TPSA) is 69.6 Å². The Labute approximate surface area is 130 Å². The van der Waals surface area contributed by atoms with Crippen LogP contribution in [0.1, 0.15) is 31.3 Å². The number of amides is 1. The molecule has 0 aromatic carbocycles. The fourth-order valence-electron chi connectivity index (χ4n) is 1.26. The van der Waals surface area contributed by atoms with E-state index in [9.17, 15) is 9.59 Å². The van der Waals surface area contributed by atoms with Crippen LogP contribution in [0, 0.1) is 0 Å². The van der Waals surface area contributed by atoms with Crippen molar-refractivity contribution < 1.29 is 19.1 Å². The molecule has 1 rings (SSSR count). The molecule has 0 atom stereocenters. The molecule has 1 aromatic rings. The van der Waals surface area contributed by atoms with E-state index >= 15 is 0 Å². The van der Waals surface area contributed by atoms with Crippen LogP contribution in [0.15, 0.2) is 0 Å². The number of nitrogens with one attached hydrogen (secondary N) is 1. The van der Waals surface area contributed by atoms with Gasteiger partial charge < -0.3 is 9.47 Å². The fourth-order valence-corrected chi connectivity index (χ4v) is 1.96. The van der Waals surface area contributed by atoms with Crippen LogP contribution in [0.5, 0.6) is 0 Å². The van der Waals surface area contributed by atoms with Crippen LogP contribution >= 0.6 is 34.8 Å². The van der Waals surface area contributed by atoms with Crippen LogP contribution in [0.4, 0.5) is 4.79 Å². The van der Waals surface area contributed by atoms with E-state index in [1.165, 1.54) is 0 Å². The molecule has 0 saturated carbocycles. The van der Waals surface area contributed by atoms with E-state index in [1.54, 1.807) is 20.8 Å². The smallest absolute Gasteiger partial charge is 0.427 e. The number of methoxy groups -OCH3 is 1. The van der Waals surface area contributed by atoms with E-state index in [0.29, 0.717) is 0 Å². The number of esters is 1. The van der Waals surface area contributed by atoms with Crippen molar-refractivity contribution in [3.63, 3.8) is 0 Å². The van der Waals surface area contributed by atoms with Crippen LogP contribution in [-0.4, -0.2) is 29.4 Å². The zero-order valence-electron chi connectivity index (χ0n) is 11.2.